The number of aliphatic hydroxyl groups is 3. The maximum Gasteiger partial charge on any atom is 0.305 e. The van der Waals surface area contributed by atoms with E-state index in [9.17, 15) is 30.0 Å². The third kappa shape index (κ3) is 11.3. The quantitative estimate of drug-likeness (QED) is 0.133. The van der Waals surface area contributed by atoms with Gasteiger partial charge in [0.1, 0.15) is 18.2 Å². The van der Waals surface area contributed by atoms with E-state index in [0.717, 1.165) is 21.3 Å². The number of nitrogens with two attached hydrogens (primary N) is 2. The molecule has 5 unspecified atom stereocenters. The van der Waals surface area contributed by atoms with E-state index >= 15 is 0 Å². The number of hydrogen-bond acceptors (Lipinski definition) is 13. The number of benzene rings is 3. The summed E-state index contributed by atoms with van der Waals surface area (Å²) in [5, 5.41) is 60.2. The number of carboxylic acids is 1. The number of amides is 1. The minimum Gasteiger partial charge on any atom is -0.508 e. The summed E-state index contributed by atoms with van der Waals surface area (Å²) in [7, 11) is 0. The SMILES string of the molecule is CC(C)(C)c1cc(Br)cc(C(CC(=O)O)NC(=O)CNC(O)c2cc(O)cc(NC3=NCC(O)CN3)c2)c1.NC(O)C1=Nc2ccccc2C1N. The molecule has 5 rings (SSSR count). The Morgan fingerprint density at radius 2 is 1.80 bits per heavy atom. The number of phenolic OH excluding ortho intramolecular Hbond substituents is 1. The second-order valence-electron chi connectivity index (χ2n) is 13.2. The number of rotatable bonds is 10. The lowest BCUT2D eigenvalue weighted by Crippen LogP contribution is -2.42. The molecule has 13 N–H and O–H groups in total. The van der Waals surface area contributed by atoms with Crippen LogP contribution in [0.4, 0.5) is 11.4 Å². The summed E-state index contributed by atoms with van der Waals surface area (Å²) in [6.07, 6.45) is -3.25. The first-order valence-corrected chi connectivity index (χ1v) is 17.0. The number of anilines is 1. The van der Waals surface area contributed by atoms with Crippen molar-refractivity contribution in [2.24, 2.45) is 21.5 Å². The summed E-state index contributed by atoms with van der Waals surface area (Å²) in [6.45, 7) is 6.39. The molecule has 1 amide bonds. The number of aromatic hydroxyl groups is 1. The molecular formula is C35H45BrN8O7. The van der Waals surface area contributed by atoms with Crippen LogP contribution in [-0.4, -0.2) is 81.0 Å². The monoisotopic (exact) mass is 768 g/mol. The highest BCUT2D eigenvalue weighted by molar-refractivity contribution is 9.10. The number of nitrogens with zero attached hydrogens (tertiary/aromatic N) is 2. The van der Waals surface area contributed by atoms with Gasteiger partial charge in [0.25, 0.3) is 0 Å². The number of nitrogens with one attached hydrogen (secondary N) is 4. The van der Waals surface area contributed by atoms with Crippen LogP contribution in [0, 0.1) is 0 Å². The van der Waals surface area contributed by atoms with Gasteiger partial charge in [0.2, 0.25) is 5.91 Å². The molecule has 51 heavy (non-hydrogen) atoms. The van der Waals surface area contributed by atoms with E-state index in [-0.39, 0.29) is 36.7 Å². The van der Waals surface area contributed by atoms with Gasteiger partial charge in [-0.25, -0.2) is 0 Å². The van der Waals surface area contributed by atoms with Crippen LogP contribution in [0.25, 0.3) is 0 Å². The number of hydrogen-bond donors (Lipinski definition) is 11. The fourth-order valence-corrected chi connectivity index (χ4v) is 5.82. The molecule has 0 saturated heterocycles. The van der Waals surface area contributed by atoms with Gasteiger partial charge in [-0.1, -0.05) is 61.0 Å². The van der Waals surface area contributed by atoms with E-state index in [1.54, 1.807) is 12.1 Å². The largest absolute Gasteiger partial charge is 0.508 e. The number of carbonyl (C=O) groups is 2. The molecule has 0 aliphatic carbocycles. The average Bonchev–Trinajstić information content (AvgIpc) is 3.40. The normalized spacial score (nSPS) is 18.5. The van der Waals surface area contributed by atoms with Gasteiger partial charge in [0.05, 0.1) is 49.1 Å². The summed E-state index contributed by atoms with van der Waals surface area (Å²) in [5.41, 5.74) is 15.5. The fraction of sp³-hybridized carbons (Fsp3) is 0.371. The number of carboxylic acid groups (broad SMARTS) is 1. The number of phenols is 1. The maximum atomic E-state index is 12.7. The molecule has 16 heteroatoms. The first kappa shape index (κ1) is 39.4. The van der Waals surface area contributed by atoms with E-state index < -0.39 is 36.5 Å². The van der Waals surface area contributed by atoms with Crippen LogP contribution in [0.5, 0.6) is 5.75 Å². The molecule has 3 aromatic rings. The van der Waals surface area contributed by atoms with E-state index in [2.05, 4.69) is 47.2 Å². The predicted molar refractivity (Wildman–Crippen MR) is 198 cm³/mol. The lowest BCUT2D eigenvalue weighted by Gasteiger charge is -2.24. The Labute approximate surface area is 304 Å². The molecule has 2 heterocycles. The van der Waals surface area contributed by atoms with Crippen LogP contribution < -0.4 is 32.7 Å². The van der Waals surface area contributed by atoms with Crippen molar-refractivity contribution in [3.63, 3.8) is 0 Å². The molecule has 0 fully saturated rings. The minimum atomic E-state index is -1.30. The van der Waals surface area contributed by atoms with Crippen LogP contribution in [0.15, 0.2) is 75.1 Å². The van der Waals surface area contributed by atoms with Gasteiger partial charge >= 0.3 is 5.97 Å². The highest BCUT2D eigenvalue weighted by atomic mass is 79.9. The number of carbonyl (C=O) groups excluding carboxylic acids is 1. The Hall–Kier alpha value is -4.42. The molecule has 15 nitrogen and oxygen atoms in total. The van der Waals surface area contributed by atoms with Crippen molar-refractivity contribution >= 4 is 50.9 Å². The number of aliphatic imine (C=N–C) groups is 2. The van der Waals surface area contributed by atoms with Crippen LogP contribution in [0.1, 0.15) is 67.8 Å². The maximum absolute atomic E-state index is 12.7. The highest BCUT2D eigenvalue weighted by Crippen LogP contribution is 2.33. The molecule has 0 radical (unpaired) electrons. The van der Waals surface area contributed by atoms with Gasteiger partial charge in [-0.3, -0.25) is 24.9 Å². The van der Waals surface area contributed by atoms with E-state index in [4.69, 9.17) is 16.6 Å². The van der Waals surface area contributed by atoms with Gasteiger partial charge < -0.3 is 53.0 Å². The van der Waals surface area contributed by atoms with Crippen LogP contribution in [0.2, 0.25) is 0 Å². The molecule has 3 aromatic carbocycles. The van der Waals surface area contributed by atoms with Crippen molar-refractivity contribution in [1.29, 1.82) is 0 Å². The van der Waals surface area contributed by atoms with Crippen molar-refractivity contribution in [1.82, 2.24) is 16.0 Å². The standard InChI is InChI=1S/C26H34BrN5O6.C9H11N3O/c1-26(2,3)16-4-14(5-17(27)8-16)21(10-23(36)37)32-22(35)13-28-24(38)15-6-18(9-19(33)7-15)31-25-29-11-20(34)12-30-25;10-7-5-3-1-2-4-6(5)12-8(7)9(11)13/h4-9,20-21,24,28,33-34,38H,10-13H2,1-3H3,(H,32,35)(H,36,37)(H2,29,30,31);1-4,7,9,13H,10-11H2. The van der Waals surface area contributed by atoms with Crippen molar-refractivity contribution in [2.75, 3.05) is 25.0 Å². The molecule has 274 valence electrons. The van der Waals surface area contributed by atoms with Gasteiger partial charge in [0.15, 0.2) is 5.96 Å². The van der Waals surface area contributed by atoms with Crippen LogP contribution in [0.3, 0.4) is 0 Å². The molecule has 0 spiro atoms. The van der Waals surface area contributed by atoms with Gasteiger partial charge in [-0.05, 0) is 46.9 Å². The van der Waals surface area contributed by atoms with Crippen molar-refractivity contribution < 1.29 is 35.1 Å². The summed E-state index contributed by atoms with van der Waals surface area (Å²) < 4.78 is 0.775. The molecule has 5 atom stereocenters. The fourth-order valence-electron chi connectivity index (χ4n) is 5.31. The van der Waals surface area contributed by atoms with Crippen molar-refractivity contribution in [3.8, 4) is 5.75 Å². The van der Waals surface area contributed by atoms with E-state index in [0.29, 0.717) is 35.0 Å². The summed E-state index contributed by atoms with van der Waals surface area (Å²) >= 11 is 3.47. The number of aliphatic carboxylic acids is 1. The molecule has 0 bridgehead atoms. The van der Waals surface area contributed by atoms with Crippen molar-refractivity contribution in [3.05, 3.63) is 87.4 Å². The number of aliphatic hydroxyl groups excluding tert-OH is 3. The Bertz CT molecular complexity index is 1780. The Morgan fingerprint density at radius 1 is 1.08 bits per heavy atom. The topological polar surface area (TPSA) is 260 Å². The molecule has 2 aliphatic heterocycles. The Morgan fingerprint density at radius 3 is 2.43 bits per heavy atom. The lowest BCUT2D eigenvalue weighted by atomic mass is 9.85. The predicted octanol–water partition coefficient (Wildman–Crippen LogP) is 2.15. The zero-order valence-electron chi connectivity index (χ0n) is 28.5. The first-order valence-electron chi connectivity index (χ1n) is 16.2. The second kappa shape index (κ2) is 17.2. The summed E-state index contributed by atoms with van der Waals surface area (Å²) in [4.78, 5) is 32.6. The third-order valence-electron chi connectivity index (χ3n) is 7.99. The minimum absolute atomic E-state index is 0.113. The van der Waals surface area contributed by atoms with Gasteiger partial charge in [0, 0.05) is 33.9 Å². The van der Waals surface area contributed by atoms with Crippen molar-refractivity contribution in [2.45, 2.75) is 63.3 Å². The molecule has 0 saturated carbocycles. The number of para-hydroxylation sites is 1. The smallest absolute Gasteiger partial charge is 0.305 e. The average molecular weight is 770 g/mol. The Balaban J connectivity index is 0.000000372. The first-order chi connectivity index (χ1) is 24.0. The molecule has 2 aliphatic rings. The third-order valence-corrected chi connectivity index (χ3v) is 8.44. The number of β-amino-alcohol motifs (C(OH)–C–C–N with tert-alkyl or cyclic N) is 1. The summed E-state index contributed by atoms with van der Waals surface area (Å²) in [6, 6.07) is 16.3. The second-order valence-corrected chi connectivity index (χ2v) is 14.1. The van der Waals surface area contributed by atoms with Gasteiger partial charge in [-0.2, -0.15) is 0 Å². The van der Waals surface area contributed by atoms with Gasteiger partial charge in [-0.15, -0.1) is 0 Å². The zero-order chi connectivity index (χ0) is 37.5. The van der Waals surface area contributed by atoms with E-state index in [1.807, 2.05) is 57.2 Å². The lowest BCUT2D eigenvalue weighted by molar-refractivity contribution is -0.137. The number of halogens is 1. The molecular weight excluding hydrogens is 724 g/mol. The summed E-state index contributed by atoms with van der Waals surface area (Å²) in [5.74, 6) is -1.27. The highest BCUT2D eigenvalue weighted by Gasteiger charge is 2.26. The Kier molecular flexibility index (Phi) is 13.3. The molecule has 0 aromatic heterocycles. The van der Waals surface area contributed by atoms with Crippen LogP contribution >= 0.6 is 15.9 Å². The number of guanidine groups is 1. The van der Waals surface area contributed by atoms with Crippen LogP contribution in [-0.2, 0) is 15.0 Å². The zero-order valence-corrected chi connectivity index (χ0v) is 30.1. The van der Waals surface area contributed by atoms with E-state index in [1.165, 1.54) is 12.1 Å². The number of fused-ring (bicyclic) bond motifs is 1.